The molecule has 11 heteroatoms. The number of hydrogen-bond donors (Lipinski definition) is 0. The number of halogens is 3. The number of carbonyl (C=O) groups is 1. The normalized spacial score (nSPS) is 20.4. The monoisotopic (exact) mass is 407 g/mol. The number of pyridine rings is 1. The SMILES string of the molecule is CS(=O)(=O)N1CCC(C(=O)N2CC(Oc3ncccc3C(F)(F)F)C2)CC1. The summed E-state index contributed by atoms with van der Waals surface area (Å²) in [5.74, 6) is -0.867. The molecule has 0 radical (unpaired) electrons. The maximum Gasteiger partial charge on any atom is 0.421 e. The third kappa shape index (κ3) is 4.52. The number of ether oxygens (including phenoxy) is 1. The van der Waals surface area contributed by atoms with E-state index in [0.717, 1.165) is 12.3 Å². The van der Waals surface area contributed by atoms with E-state index in [1.54, 1.807) is 0 Å². The summed E-state index contributed by atoms with van der Waals surface area (Å²) in [6.07, 6.45) is -1.86. The third-order valence-electron chi connectivity index (χ3n) is 4.79. The molecule has 3 rings (SSSR count). The summed E-state index contributed by atoms with van der Waals surface area (Å²) in [5.41, 5.74) is -0.942. The number of aromatic nitrogens is 1. The average Bonchev–Trinajstić information content (AvgIpc) is 2.56. The number of hydrogen-bond acceptors (Lipinski definition) is 5. The maximum absolute atomic E-state index is 13.0. The molecule has 2 aliphatic heterocycles. The van der Waals surface area contributed by atoms with Gasteiger partial charge in [-0.15, -0.1) is 0 Å². The lowest BCUT2D eigenvalue weighted by molar-refractivity contribution is -0.148. The molecule has 0 aromatic carbocycles. The van der Waals surface area contributed by atoms with Crippen molar-refractivity contribution in [3.05, 3.63) is 23.9 Å². The molecule has 0 N–H and O–H groups in total. The number of carbonyl (C=O) groups excluding carboxylic acids is 1. The molecule has 2 saturated heterocycles. The van der Waals surface area contributed by atoms with Crippen molar-refractivity contribution >= 4 is 15.9 Å². The van der Waals surface area contributed by atoms with E-state index in [-0.39, 0.29) is 24.9 Å². The summed E-state index contributed by atoms with van der Waals surface area (Å²) in [7, 11) is -3.26. The first-order valence-electron chi connectivity index (χ1n) is 8.48. The number of nitrogens with zero attached hydrogens (tertiary/aromatic N) is 3. The molecule has 0 aliphatic carbocycles. The van der Waals surface area contributed by atoms with E-state index in [0.29, 0.717) is 25.9 Å². The van der Waals surface area contributed by atoms with E-state index in [1.807, 2.05) is 0 Å². The Morgan fingerprint density at radius 3 is 2.44 bits per heavy atom. The van der Waals surface area contributed by atoms with Crippen LogP contribution >= 0.6 is 0 Å². The fourth-order valence-electron chi connectivity index (χ4n) is 3.24. The minimum Gasteiger partial charge on any atom is -0.470 e. The summed E-state index contributed by atoms with van der Waals surface area (Å²) >= 11 is 0. The van der Waals surface area contributed by atoms with Crippen molar-refractivity contribution in [1.82, 2.24) is 14.2 Å². The van der Waals surface area contributed by atoms with E-state index in [9.17, 15) is 26.4 Å². The number of piperidine rings is 1. The first-order valence-corrected chi connectivity index (χ1v) is 10.3. The highest BCUT2D eigenvalue weighted by Crippen LogP contribution is 2.35. The number of sulfonamides is 1. The van der Waals surface area contributed by atoms with Gasteiger partial charge < -0.3 is 9.64 Å². The molecule has 0 atom stereocenters. The first-order chi connectivity index (χ1) is 12.6. The Morgan fingerprint density at radius 2 is 1.89 bits per heavy atom. The van der Waals surface area contributed by atoms with E-state index >= 15 is 0 Å². The minimum atomic E-state index is -4.56. The van der Waals surface area contributed by atoms with Crippen LogP contribution in [-0.4, -0.2) is 67.1 Å². The molecule has 1 aromatic heterocycles. The smallest absolute Gasteiger partial charge is 0.421 e. The summed E-state index contributed by atoms with van der Waals surface area (Å²) in [6, 6.07) is 2.09. The molecule has 2 fully saturated rings. The van der Waals surface area contributed by atoms with Gasteiger partial charge in [-0.3, -0.25) is 4.79 Å². The van der Waals surface area contributed by atoms with Crippen molar-refractivity contribution in [2.45, 2.75) is 25.1 Å². The van der Waals surface area contributed by atoms with Gasteiger partial charge in [0.2, 0.25) is 21.8 Å². The zero-order chi connectivity index (χ0) is 19.8. The van der Waals surface area contributed by atoms with Crippen molar-refractivity contribution in [1.29, 1.82) is 0 Å². The second-order valence-electron chi connectivity index (χ2n) is 6.77. The Morgan fingerprint density at radius 1 is 1.26 bits per heavy atom. The zero-order valence-electron chi connectivity index (χ0n) is 14.6. The van der Waals surface area contributed by atoms with Crippen molar-refractivity contribution in [3.63, 3.8) is 0 Å². The van der Waals surface area contributed by atoms with Crippen LogP contribution in [0.2, 0.25) is 0 Å². The molecule has 150 valence electrons. The highest BCUT2D eigenvalue weighted by atomic mass is 32.2. The van der Waals surface area contributed by atoms with E-state index in [2.05, 4.69) is 4.98 Å². The van der Waals surface area contributed by atoms with Crippen molar-refractivity contribution in [2.24, 2.45) is 5.92 Å². The van der Waals surface area contributed by atoms with Gasteiger partial charge in [0, 0.05) is 25.2 Å². The second-order valence-corrected chi connectivity index (χ2v) is 8.76. The summed E-state index contributed by atoms with van der Waals surface area (Å²) in [5, 5.41) is 0. The van der Waals surface area contributed by atoms with Gasteiger partial charge in [0.25, 0.3) is 0 Å². The number of rotatable bonds is 4. The van der Waals surface area contributed by atoms with Gasteiger partial charge in [-0.1, -0.05) is 0 Å². The first kappa shape index (κ1) is 19.9. The minimum absolute atomic E-state index is 0.111. The molecular weight excluding hydrogens is 387 g/mol. The standard InChI is InChI=1S/C16H20F3N3O4S/c1-27(24,25)22-7-4-11(5-8-22)15(23)21-9-12(10-21)26-14-13(16(17,18)19)3-2-6-20-14/h2-3,6,11-12H,4-5,7-10H2,1H3. The predicted octanol–water partition coefficient (Wildman–Crippen LogP) is 1.36. The lowest BCUT2D eigenvalue weighted by Gasteiger charge is -2.41. The van der Waals surface area contributed by atoms with Crippen LogP contribution in [0, 0.1) is 5.92 Å². The van der Waals surface area contributed by atoms with Gasteiger partial charge in [-0.05, 0) is 25.0 Å². The molecular formula is C16H20F3N3O4S. The predicted molar refractivity (Wildman–Crippen MR) is 89.4 cm³/mol. The zero-order valence-corrected chi connectivity index (χ0v) is 15.5. The quantitative estimate of drug-likeness (QED) is 0.753. The van der Waals surface area contributed by atoms with Crippen LogP contribution < -0.4 is 4.74 Å². The molecule has 1 amide bonds. The van der Waals surface area contributed by atoms with Crippen molar-refractivity contribution < 1.29 is 31.1 Å². The van der Waals surface area contributed by atoms with Gasteiger partial charge in [0.15, 0.2) is 0 Å². The van der Waals surface area contributed by atoms with Crippen molar-refractivity contribution in [3.8, 4) is 5.88 Å². The fourth-order valence-corrected chi connectivity index (χ4v) is 4.12. The molecule has 0 spiro atoms. The highest BCUT2D eigenvalue weighted by molar-refractivity contribution is 7.88. The van der Waals surface area contributed by atoms with Crippen LogP contribution in [0.4, 0.5) is 13.2 Å². The molecule has 0 unspecified atom stereocenters. The molecule has 0 saturated carbocycles. The lowest BCUT2D eigenvalue weighted by atomic mass is 9.95. The van der Waals surface area contributed by atoms with Gasteiger partial charge in [0.1, 0.15) is 11.7 Å². The number of alkyl halides is 3. The number of likely N-dealkylation sites (tertiary alicyclic amines) is 1. The Balaban J connectivity index is 1.51. The molecule has 1 aromatic rings. The van der Waals surface area contributed by atoms with Crippen molar-refractivity contribution in [2.75, 3.05) is 32.4 Å². The van der Waals surface area contributed by atoms with E-state index in [4.69, 9.17) is 4.74 Å². The van der Waals surface area contributed by atoms with Gasteiger partial charge >= 0.3 is 6.18 Å². The Hall–Kier alpha value is -1.88. The Bertz CT molecular complexity index is 801. The van der Waals surface area contributed by atoms with Crippen LogP contribution in [0.5, 0.6) is 5.88 Å². The van der Waals surface area contributed by atoms with Crippen LogP contribution in [-0.2, 0) is 21.0 Å². The third-order valence-corrected chi connectivity index (χ3v) is 6.09. The highest BCUT2D eigenvalue weighted by Gasteiger charge is 2.40. The molecule has 0 bridgehead atoms. The molecule has 3 heterocycles. The second kappa shape index (κ2) is 7.27. The molecule has 27 heavy (non-hydrogen) atoms. The van der Waals surface area contributed by atoms with Crippen LogP contribution in [0.3, 0.4) is 0 Å². The number of amides is 1. The largest absolute Gasteiger partial charge is 0.470 e. The molecule has 7 nitrogen and oxygen atoms in total. The van der Waals surface area contributed by atoms with E-state index < -0.39 is 33.7 Å². The fraction of sp³-hybridized carbons (Fsp3) is 0.625. The van der Waals surface area contributed by atoms with Crippen LogP contribution in [0.25, 0.3) is 0 Å². The lowest BCUT2D eigenvalue weighted by Crippen LogP contribution is -2.58. The van der Waals surface area contributed by atoms with Gasteiger partial charge in [-0.25, -0.2) is 17.7 Å². The maximum atomic E-state index is 13.0. The summed E-state index contributed by atoms with van der Waals surface area (Å²) in [4.78, 5) is 17.6. The summed E-state index contributed by atoms with van der Waals surface area (Å²) in [6.45, 7) is 0.982. The average molecular weight is 407 g/mol. The topological polar surface area (TPSA) is 79.8 Å². The molecule has 2 aliphatic rings. The summed E-state index contributed by atoms with van der Waals surface area (Å²) < 4.78 is 68.5. The van der Waals surface area contributed by atoms with Crippen LogP contribution in [0.1, 0.15) is 18.4 Å². The van der Waals surface area contributed by atoms with E-state index in [1.165, 1.54) is 21.5 Å². The Kier molecular flexibility index (Phi) is 5.35. The van der Waals surface area contributed by atoms with Crippen LogP contribution in [0.15, 0.2) is 18.3 Å². The van der Waals surface area contributed by atoms with Gasteiger partial charge in [-0.2, -0.15) is 13.2 Å². The Labute approximate surface area is 155 Å². The van der Waals surface area contributed by atoms with Gasteiger partial charge in [0.05, 0.1) is 19.3 Å².